The van der Waals surface area contributed by atoms with E-state index in [1.54, 1.807) is 14.0 Å². The molecule has 2 aromatic heterocycles. The molecule has 2 heterocycles. The van der Waals surface area contributed by atoms with Crippen molar-refractivity contribution in [2.75, 3.05) is 19.5 Å². The lowest BCUT2D eigenvalue weighted by molar-refractivity contribution is 0.0533. The molecule has 0 fully saturated rings. The Morgan fingerprint density at radius 3 is 2.89 bits per heavy atom. The van der Waals surface area contributed by atoms with Crippen LogP contribution in [0.4, 0.5) is 5.69 Å². The van der Waals surface area contributed by atoms with E-state index in [1.807, 2.05) is 13.0 Å². The van der Waals surface area contributed by atoms with E-state index >= 15 is 0 Å². The number of carbonyl (C=O) groups is 1. The van der Waals surface area contributed by atoms with Gasteiger partial charge in [0, 0.05) is 18.2 Å². The number of fused-ring (bicyclic) bond motifs is 1. The van der Waals surface area contributed by atoms with Gasteiger partial charge in [-0.1, -0.05) is 0 Å². The zero-order valence-electron chi connectivity index (χ0n) is 11.1. The van der Waals surface area contributed by atoms with E-state index in [0.29, 0.717) is 23.8 Å². The van der Waals surface area contributed by atoms with Gasteiger partial charge in [-0.25, -0.2) is 9.78 Å². The molecule has 2 aromatic rings. The number of rotatable bonds is 4. The van der Waals surface area contributed by atoms with Crippen LogP contribution in [-0.2, 0) is 16.1 Å². The molecule has 0 aromatic carbocycles. The van der Waals surface area contributed by atoms with Crippen molar-refractivity contribution in [1.82, 2.24) is 4.98 Å². The lowest BCUT2D eigenvalue weighted by Gasteiger charge is -2.04. The summed E-state index contributed by atoms with van der Waals surface area (Å²) in [5.74, 6) is -0.399. The highest BCUT2D eigenvalue weighted by molar-refractivity contribution is 7.21. The van der Waals surface area contributed by atoms with Gasteiger partial charge in [0.15, 0.2) is 0 Å². The fourth-order valence-electron chi connectivity index (χ4n) is 1.95. The summed E-state index contributed by atoms with van der Waals surface area (Å²) >= 11 is 1.26. The molecule has 0 aliphatic carbocycles. The van der Waals surface area contributed by atoms with Gasteiger partial charge in [-0.15, -0.1) is 11.3 Å². The van der Waals surface area contributed by atoms with E-state index in [-0.39, 0.29) is 0 Å². The number of methoxy groups -OCH3 is 1. The highest BCUT2D eigenvalue weighted by Crippen LogP contribution is 2.35. The largest absolute Gasteiger partial charge is 0.462 e. The fraction of sp³-hybridized carbons (Fsp3) is 0.385. The molecule has 2 rings (SSSR count). The van der Waals surface area contributed by atoms with Crippen LogP contribution in [0.25, 0.3) is 10.2 Å². The van der Waals surface area contributed by atoms with Gasteiger partial charge in [0.25, 0.3) is 0 Å². The van der Waals surface area contributed by atoms with Crippen LogP contribution in [0.3, 0.4) is 0 Å². The second kappa shape index (κ2) is 5.54. The summed E-state index contributed by atoms with van der Waals surface area (Å²) in [5, 5.41) is 0.792. The molecule has 0 aliphatic rings. The minimum atomic E-state index is -0.399. The molecule has 0 spiro atoms. The zero-order valence-corrected chi connectivity index (χ0v) is 12.0. The Kier molecular flexibility index (Phi) is 4.01. The molecular weight excluding hydrogens is 264 g/mol. The summed E-state index contributed by atoms with van der Waals surface area (Å²) in [6, 6.07) is 1.92. The third-order valence-electron chi connectivity index (χ3n) is 2.67. The maximum absolute atomic E-state index is 11.8. The van der Waals surface area contributed by atoms with Crippen molar-refractivity contribution in [2.45, 2.75) is 20.5 Å². The Labute approximate surface area is 115 Å². The second-order valence-corrected chi connectivity index (χ2v) is 5.10. The smallest absolute Gasteiger partial charge is 0.350 e. The van der Waals surface area contributed by atoms with Crippen LogP contribution in [0.2, 0.25) is 0 Å². The van der Waals surface area contributed by atoms with Gasteiger partial charge >= 0.3 is 5.97 Å². The van der Waals surface area contributed by atoms with E-state index in [4.69, 9.17) is 15.2 Å². The third-order valence-corrected chi connectivity index (χ3v) is 3.75. The molecule has 0 saturated heterocycles. The Morgan fingerprint density at radius 1 is 1.53 bits per heavy atom. The number of nitrogen functional groups attached to an aromatic ring is 1. The topological polar surface area (TPSA) is 74.4 Å². The van der Waals surface area contributed by atoms with Gasteiger partial charge < -0.3 is 15.2 Å². The van der Waals surface area contributed by atoms with Crippen molar-refractivity contribution in [3.8, 4) is 0 Å². The number of anilines is 1. The van der Waals surface area contributed by atoms with E-state index in [2.05, 4.69) is 4.98 Å². The average molecular weight is 280 g/mol. The first-order valence-electron chi connectivity index (χ1n) is 5.93. The van der Waals surface area contributed by atoms with E-state index < -0.39 is 5.97 Å². The van der Waals surface area contributed by atoms with Gasteiger partial charge in [-0.3, -0.25) is 0 Å². The van der Waals surface area contributed by atoms with Crippen LogP contribution in [0.1, 0.15) is 27.9 Å². The first-order chi connectivity index (χ1) is 9.08. The summed E-state index contributed by atoms with van der Waals surface area (Å²) in [6.45, 7) is 4.42. The molecule has 19 heavy (non-hydrogen) atoms. The number of carbonyl (C=O) groups excluding carboxylic acids is 1. The lowest BCUT2D eigenvalue weighted by Crippen LogP contribution is -2.05. The van der Waals surface area contributed by atoms with Crippen LogP contribution in [0.5, 0.6) is 0 Å². The summed E-state index contributed by atoms with van der Waals surface area (Å²) in [4.78, 5) is 17.4. The van der Waals surface area contributed by atoms with Crippen LogP contribution in [0.15, 0.2) is 6.07 Å². The van der Waals surface area contributed by atoms with E-state index in [0.717, 1.165) is 21.5 Å². The standard InChI is InChI=1S/C13H16N2O3S/c1-4-18-13(16)11-10(14)9-8(6-17-3)5-7(2)15-12(9)19-11/h5H,4,6,14H2,1-3H3. The first-order valence-corrected chi connectivity index (χ1v) is 6.74. The predicted molar refractivity (Wildman–Crippen MR) is 75.4 cm³/mol. The van der Waals surface area contributed by atoms with Gasteiger partial charge in [0.05, 0.1) is 18.9 Å². The van der Waals surface area contributed by atoms with Crippen LogP contribution >= 0.6 is 11.3 Å². The highest BCUT2D eigenvalue weighted by atomic mass is 32.1. The van der Waals surface area contributed by atoms with Crippen molar-refractivity contribution in [3.63, 3.8) is 0 Å². The molecule has 0 bridgehead atoms. The number of hydrogen-bond donors (Lipinski definition) is 1. The molecule has 0 aliphatic heterocycles. The fourth-order valence-corrected chi connectivity index (χ4v) is 3.04. The summed E-state index contributed by atoms with van der Waals surface area (Å²) < 4.78 is 10.2. The lowest BCUT2D eigenvalue weighted by atomic mass is 10.1. The molecular formula is C13H16N2O3S. The molecule has 0 saturated carbocycles. The summed E-state index contributed by atoms with van der Waals surface area (Å²) in [6.07, 6.45) is 0. The van der Waals surface area contributed by atoms with Crippen molar-refractivity contribution in [1.29, 1.82) is 0 Å². The van der Waals surface area contributed by atoms with Crippen molar-refractivity contribution in [2.24, 2.45) is 0 Å². The third kappa shape index (κ3) is 2.54. The average Bonchev–Trinajstić information content (AvgIpc) is 2.67. The first kappa shape index (κ1) is 13.8. The molecule has 0 unspecified atom stereocenters. The second-order valence-electron chi connectivity index (χ2n) is 4.10. The Bertz CT molecular complexity index is 622. The van der Waals surface area contributed by atoms with Crippen LogP contribution in [-0.4, -0.2) is 24.7 Å². The number of nitrogens with two attached hydrogens (primary N) is 1. The Morgan fingerprint density at radius 2 is 2.26 bits per heavy atom. The Balaban J connectivity index is 2.62. The van der Waals surface area contributed by atoms with E-state index in [1.165, 1.54) is 11.3 Å². The zero-order chi connectivity index (χ0) is 14.0. The molecule has 102 valence electrons. The number of nitrogens with zero attached hydrogens (tertiary/aromatic N) is 1. The number of aromatic nitrogens is 1. The molecule has 0 amide bonds. The number of ether oxygens (including phenoxy) is 2. The quantitative estimate of drug-likeness (QED) is 0.871. The number of esters is 1. The van der Waals surface area contributed by atoms with Crippen molar-refractivity contribution >= 4 is 33.2 Å². The minimum Gasteiger partial charge on any atom is -0.462 e. The monoisotopic (exact) mass is 280 g/mol. The van der Waals surface area contributed by atoms with Gasteiger partial charge in [-0.05, 0) is 25.5 Å². The predicted octanol–water partition coefficient (Wildman–Crippen LogP) is 2.51. The van der Waals surface area contributed by atoms with Gasteiger partial charge in [0.1, 0.15) is 9.71 Å². The maximum atomic E-state index is 11.8. The summed E-state index contributed by atoms with van der Waals surface area (Å²) in [5.41, 5.74) is 8.30. The van der Waals surface area contributed by atoms with Crippen LogP contribution < -0.4 is 5.73 Å². The minimum absolute atomic E-state index is 0.323. The number of pyridine rings is 1. The number of thiophene rings is 1. The molecule has 0 radical (unpaired) electrons. The summed E-state index contributed by atoms with van der Waals surface area (Å²) in [7, 11) is 1.62. The molecule has 2 N–H and O–H groups in total. The molecule has 5 nitrogen and oxygen atoms in total. The van der Waals surface area contributed by atoms with Gasteiger partial charge in [0.2, 0.25) is 0 Å². The maximum Gasteiger partial charge on any atom is 0.350 e. The Hall–Kier alpha value is -1.66. The van der Waals surface area contributed by atoms with Crippen molar-refractivity contribution < 1.29 is 14.3 Å². The van der Waals surface area contributed by atoms with Crippen LogP contribution in [0, 0.1) is 6.92 Å². The van der Waals surface area contributed by atoms with Gasteiger partial charge in [-0.2, -0.15) is 0 Å². The SMILES string of the molecule is CCOC(=O)c1sc2nc(C)cc(COC)c2c1N. The van der Waals surface area contributed by atoms with Crippen molar-refractivity contribution in [3.05, 3.63) is 22.2 Å². The molecule has 0 atom stereocenters. The van der Waals surface area contributed by atoms with E-state index in [9.17, 15) is 4.79 Å². The molecule has 6 heteroatoms. The number of aryl methyl sites for hydroxylation is 1. The number of hydrogen-bond acceptors (Lipinski definition) is 6. The highest BCUT2D eigenvalue weighted by Gasteiger charge is 2.20. The normalized spacial score (nSPS) is 10.9.